The second-order valence-electron chi connectivity index (χ2n) is 2.87. The molecule has 11 heteroatoms. The summed E-state index contributed by atoms with van der Waals surface area (Å²) in [5, 5.41) is 61.0. The van der Waals surface area contributed by atoms with Gasteiger partial charge in [0.25, 0.3) is 0 Å². The Labute approximate surface area is 142 Å². The first-order chi connectivity index (χ1) is 9.66. The molecule has 0 unspecified atom stereocenters. The Balaban J connectivity index is -0.0000000510. The van der Waals surface area contributed by atoms with Crippen molar-refractivity contribution >= 4 is 39.3 Å². The summed E-state index contributed by atoms with van der Waals surface area (Å²) in [6, 6.07) is 0. The molecule has 0 bridgehead atoms. The van der Waals surface area contributed by atoms with Gasteiger partial charge in [0.1, 0.15) is 0 Å². The first kappa shape index (κ1) is 33.9. The quantitative estimate of drug-likeness (QED) is 0.188. The molecule has 0 aliphatic heterocycles. The maximum atomic E-state index is 7.62. The Hall–Kier alpha value is 1.43. The zero-order valence-electron chi connectivity index (χ0n) is 12.4. The molecule has 0 aliphatic rings. The van der Waals surface area contributed by atoms with Crippen molar-refractivity contribution in [2.75, 3.05) is 52.9 Å². The molecule has 0 atom stereocenters. The van der Waals surface area contributed by atoms with E-state index < -0.39 is 13.8 Å². The average molecular weight is 566 g/mol. The van der Waals surface area contributed by atoms with Crippen LogP contribution in [0.3, 0.4) is 0 Å². The molecule has 8 N–H and O–H groups in total. The number of rotatable bonds is 4. The predicted molar refractivity (Wildman–Crippen MR) is 92.0 cm³/mol. The van der Waals surface area contributed by atoms with E-state index in [1.807, 2.05) is 0 Å². The monoisotopic (exact) mass is 566 g/mol. The third-order valence-electron chi connectivity index (χ3n) is 0.400. The minimum Gasteiger partial charge on any atom is -0.394 e. The molecule has 0 aromatic carbocycles. The molecule has 0 aliphatic carbocycles. The Bertz CT molecular complexity index is 100. The van der Waals surface area contributed by atoms with Gasteiger partial charge in [0.05, 0.1) is 52.9 Å². The van der Waals surface area contributed by atoms with Crippen LogP contribution in [-0.2, 0) is 0 Å². The normalized spacial score (nSPS) is 9.33. The van der Waals surface area contributed by atoms with Crippen LogP contribution in [0.4, 0.5) is 0 Å². The maximum absolute atomic E-state index is 7.62. The number of aliphatic hydroxyl groups is 8. The van der Waals surface area contributed by atoms with Gasteiger partial charge in [-0.05, 0) is 0 Å². The van der Waals surface area contributed by atoms with Gasteiger partial charge in [-0.25, -0.2) is 0 Å². The fourth-order valence-corrected chi connectivity index (χ4v) is 0. The fraction of sp³-hybridized carbons (Fsp3) is 1.00. The van der Waals surface area contributed by atoms with Crippen LogP contribution < -0.4 is 0 Å². The molecule has 0 spiro atoms. The molecular formula is C10H30Br2O8Te. The predicted octanol–water partition coefficient (Wildman–Crippen LogP) is -1.64. The zero-order chi connectivity index (χ0) is 18.2. The van der Waals surface area contributed by atoms with E-state index in [0.29, 0.717) is 0 Å². The molecule has 0 aromatic rings. The summed E-state index contributed by atoms with van der Waals surface area (Å²) in [6.07, 6.45) is 0. The first-order valence-electron chi connectivity index (χ1n) is 5.65. The number of hydrogen-bond acceptors (Lipinski definition) is 8. The molecule has 0 saturated heterocycles. The van der Waals surface area contributed by atoms with Crippen molar-refractivity contribution in [2.45, 2.75) is 9.94 Å². The van der Waals surface area contributed by atoms with Gasteiger partial charge >= 0.3 is 49.2 Å². The van der Waals surface area contributed by atoms with Crippen molar-refractivity contribution in [3.8, 4) is 0 Å². The average Bonchev–Trinajstić information content (AvgIpc) is 2.45. The van der Waals surface area contributed by atoms with Crippen molar-refractivity contribution in [3.63, 3.8) is 0 Å². The van der Waals surface area contributed by atoms with Crippen molar-refractivity contribution < 1.29 is 40.9 Å². The molecule has 0 saturated carbocycles. The second-order valence-corrected chi connectivity index (χ2v) is 36.6. The van der Waals surface area contributed by atoms with Gasteiger partial charge in [-0.2, -0.15) is 0 Å². The molecule has 0 heterocycles. The smallest absolute Gasteiger partial charge is 0.0662 e. The summed E-state index contributed by atoms with van der Waals surface area (Å²) in [4.78, 5) is 4.42. The summed E-state index contributed by atoms with van der Waals surface area (Å²) in [6.45, 7) is -1.00. The van der Waals surface area contributed by atoms with Crippen LogP contribution in [0.5, 0.6) is 0 Å². The molecule has 0 radical (unpaired) electrons. The van der Waals surface area contributed by atoms with E-state index in [-0.39, 0.29) is 52.9 Å². The van der Waals surface area contributed by atoms with E-state index >= 15 is 0 Å². The van der Waals surface area contributed by atoms with Crippen molar-refractivity contribution in [3.05, 3.63) is 0 Å². The van der Waals surface area contributed by atoms with E-state index in [1.54, 1.807) is 0 Å². The Morgan fingerprint density at radius 3 is 0.524 bits per heavy atom. The third kappa shape index (κ3) is 274. The molecule has 0 amide bonds. The minimum atomic E-state index is -1.39. The van der Waals surface area contributed by atoms with Crippen LogP contribution in [0.1, 0.15) is 0 Å². The zero-order valence-corrected chi connectivity index (χ0v) is 17.9. The van der Waals surface area contributed by atoms with Gasteiger partial charge < -0.3 is 40.9 Å². The molecule has 0 aromatic heterocycles. The molecule has 138 valence electrons. The van der Waals surface area contributed by atoms with Gasteiger partial charge in [0.15, 0.2) is 0 Å². The first-order valence-corrected chi connectivity index (χ1v) is 20.8. The molecule has 0 fully saturated rings. The van der Waals surface area contributed by atoms with E-state index in [2.05, 4.69) is 35.5 Å². The van der Waals surface area contributed by atoms with Gasteiger partial charge in [0, 0.05) is 0 Å². The minimum absolute atomic E-state index is 0.125. The fourth-order valence-electron chi connectivity index (χ4n) is 0. The van der Waals surface area contributed by atoms with Crippen LogP contribution in [0.2, 0.25) is 9.94 Å². The second kappa shape index (κ2) is 37.6. The van der Waals surface area contributed by atoms with Gasteiger partial charge in [-0.15, -0.1) is 0 Å². The molecular weight excluding hydrogens is 536 g/mol. The van der Waals surface area contributed by atoms with Gasteiger partial charge in [-0.3, -0.25) is 0 Å². The van der Waals surface area contributed by atoms with Crippen LogP contribution in [0.15, 0.2) is 0 Å². The molecule has 8 nitrogen and oxygen atoms in total. The summed E-state index contributed by atoms with van der Waals surface area (Å²) in [5.74, 6) is 0. The standard InChI is InChI=1S/C2H6Br2Te.4C2H6O2/c1-5(2,3)4;4*3-1-2-4/h1-2H3;4*3-4H,1-2H2. The van der Waals surface area contributed by atoms with Crippen LogP contribution in [0, 0.1) is 0 Å². The Morgan fingerprint density at radius 1 is 0.476 bits per heavy atom. The summed E-state index contributed by atoms with van der Waals surface area (Å²) in [7, 11) is 0. The largest absolute Gasteiger partial charge is 0.394 e. The van der Waals surface area contributed by atoms with Gasteiger partial charge in [-0.1, -0.05) is 0 Å². The van der Waals surface area contributed by atoms with Gasteiger partial charge in [0.2, 0.25) is 0 Å². The van der Waals surface area contributed by atoms with Crippen molar-refractivity contribution in [2.24, 2.45) is 0 Å². The number of halogens is 2. The van der Waals surface area contributed by atoms with E-state index in [9.17, 15) is 0 Å². The summed E-state index contributed by atoms with van der Waals surface area (Å²) < 4.78 is 0. The topological polar surface area (TPSA) is 162 Å². The van der Waals surface area contributed by atoms with Crippen molar-refractivity contribution in [1.82, 2.24) is 0 Å². The van der Waals surface area contributed by atoms with Crippen LogP contribution in [-0.4, -0.2) is 107 Å². The number of hydrogen-bond donors (Lipinski definition) is 8. The van der Waals surface area contributed by atoms with E-state index in [1.165, 1.54) is 0 Å². The Morgan fingerprint density at radius 2 is 0.524 bits per heavy atom. The molecule has 0 rings (SSSR count). The Kier molecular flexibility index (Phi) is 60.7. The van der Waals surface area contributed by atoms with Crippen LogP contribution in [0.25, 0.3) is 0 Å². The SMILES string of the molecule is C[Te](C)(Br)Br.OCCO.OCCO.OCCO.OCCO. The summed E-state index contributed by atoms with van der Waals surface area (Å²) in [5.41, 5.74) is 0. The summed E-state index contributed by atoms with van der Waals surface area (Å²) >= 11 is 5.57. The van der Waals surface area contributed by atoms with Crippen LogP contribution >= 0.6 is 25.5 Å². The van der Waals surface area contributed by atoms with Crippen molar-refractivity contribution in [1.29, 1.82) is 0 Å². The molecule has 21 heavy (non-hydrogen) atoms. The third-order valence-corrected chi connectivity index (χ3v) is 0.400. The van der Waals surface area contributed by atoms with E-state index in [4.69, 9.17) is 40.9 Å². The maximum Gasteiger partial charge on any atom is 0.0662 e. The number of aliphatic hydroxyl groups excluding tert-OH is 8. The van der Waals surface area contributed by atoms with E-state index in [0.717, 1.165) is 0 Å².